The number of anilines is 1. The molecule has 3 nitrogen and oxygen atoms in total. The number of halogens is 1. The predicted octanol–water partition coefficient (Wildman–Crippen LogP) is 2.00. The largest absolute Gasteiger partial charge is 0.355 e. The smallest absolute Gasteiger partial charge is 0.128 e. The van der Waals surface area contributed by atoms with E-state index in [4.69, 9.17) is 0 Å². The second-order valence-electron chi connectivity index (χ2n) is 4.30. The number of piperidine rings is 1. The van der Waals surface area contributed by atoms with Gasteiger partial charge in [-0.1, -0.05) is 6.07 Å². The van der Waals surface area contributed by atoms with Gasteiger partial charge in [0.05, 0.1) is 0 Å². The van der Waals surface area contributed by atoms with Gasteiger partial charge in [-0.25, -0.2) is 4.98 Å². The zero-order valence-corrected chi connectivity index (χ0v) is 10.8. The average molecular weight is 242 g/mol. The Kier molecular flexibility index (Phi) is 5.03. The SMILES string of the molecule is Cc1ccc(N(C)[C@H]2CCCNC2)nc1.Cl. The molecule has 1 atom stereocenters. The minimum absolute atomic E-state index is 0. The van der Waals surface area contributed by atoms with Crippen LogP contribution in [0.25, 0.3) is 0 Å². The van der Waals surface area contributed by atoms with Gasteiger partial charge in [-0.15, -0.1) is 12.4 Å². The first-order valence-electron chi connectivity index (χ1n) is 5.63. The van der Waals surface area contributed by atoms with Crippen molar-refractivity contribution < 1.29 is 0 Å². The van der Waals surface area contributed by atoms with Crippen molar-refractivity contribution in [3.05, 3.63) is 23.9 Å². The molecule has 1 saturated heterocycles. The molecule has 0 spiro atoms. The van der Waals surface area contributed by atoms with Gasteiger partial charge < -0.3 is 10.2 Å². The maximum Gasteiger partial charge on any atom is 0.128 e. The van der Waals surface area contributed by atoms with Crippen LogP contribution < -0.4 is 10.2 Å². The lowest BCUT2D eigenvalue weighted by molar-refractivity contribution is 0.443. The van der Waals surface area contributed by atoms with Crippen molar-refractivity contribution in [2.24, 2.45) is 0 Å². The molecule has 1 aromatic rings. The second-order valence-corrected chi connectivity index (χ2v) is 4.30. The van der Waals surface area contributed by atoms with E-state index >= 15 is 0 Å². The number of likely N-dealkylation sites (N-methyl/N-ethyl adjacent to an activating group) is 1. The van der Waals surface area contributed by atoms with Gasteiger partial charge in [-0.3, -0.25) is 0 Å². The topological polar surface area (TPSA) is 28.2 Å². The molecule has 2 heterocycles. The summed E-state index contributed by atoms with van der Waals surface area (Å²) in [5.74, 6) is 1.08. The molecule has 16 heavy (non-hydrogen) atoms. The zero-order chi connectivity index (χ0) is 10.7. The molecule has 1 aliphatic rings. The van der Waals surface area contributed by atoms with Crippen molar-refractivity contribution in [1.29, 1.82) is 0 Å². The number of nitrogens with zero attached hydrogens (tertiary/aromatic N) is 2. The van der Waals surface area contributed by atoms with Crippen LogP contribution in [0.5, 0.6) is 0 Å². The van der Waals surface area contributed by atoms with Gasteiger partial charge in [-0.2, -0.15) is 0 Å². The monoisotopic (exact) mass is 241 g/mol. The highest BCUT2D eigenvalue weighted by atomic mass is 35.5. The Hall–Kier alpha value is -0.800. The van der Waals surface area contributed by atoms with Gasteiger partial charge >= 0.3 is 0 Å². The molecule has 0 unspecified atom stereocenters. The molecule has 1 aliphatic heterocycles. The van der Waals surface area contributed by atoms with Crippen LogP contribution in [-0.2, 0) is 0 Å². The van der Waals surface area contributed by atoms with Crippen molar-refractivity contribution in [2.45, 2.75) is 25.8 Å². The van der Waals surface area contributed by atoms with E-state index in [9.17, 15) is 0 Å². The third-order valence-electron chi connectivity index (χ3n) is 3.08. The number of hydrogen-bond donors (Lipinski definition) is 1. The Morgan fingerprint density at radius 2 is 2.25 bits per heavy atom. The lowest BCUT2D eigenvalue weighted by Gasteiger charge is -2.32. The van der Waals surface area contributed by atoms with Gasteiger partial charge in [0.25, 0.3) is 0 Å². The van der Waals surface area contributed by atoms with Gasteiger partial charge in [0.15, 0.2) is 0 Å². The molecular formula is C12H20ClN3. The normalized spacial score (nSPS) is 20.0. The van der Waals surface area contributed by atoms with Gasteiger partial charge in [0.2, 0.25) is 0 Å². The van der Waals surface area contributed by atoms with E-state index in [1.54, 1.807) is 0 Å². The summed E-state index contributed by atoms with van der Waals surface area (Å²) in [7, 11) is 2.13. The quantitative estimate of drug-likeness (QED) is 0.859. The van der Waals surface area contributed by atoms with Crippen LogP contribution in [0.1, 0.15) is 18.4 Å². The Morgan fingerprint density at radius 3 is 2.81 bits per heavy atom. The molecule has 1 fully saturated rings. The van der Waals surface area contributed by atoms with Crippen molar-refractivity contribution in [3.8, 4) is 0 Å². The third-order valence-corrected chi connectivity index (χ3v) is 3.08. The van der Waals surface area contributed by atoms with E-state index in [0.717, 1.165) is 18.9 Å². The standard InChI is InChI=1S/C12H19N3.ClH/c1-10-5-6-12(14-8-10)15(2)11-4-3-7-13-9-11;/h5-6,8,11,13H,3-4,7,9H2,1-2H3;1H/t11-;/m0./s1. The summed E-state index contributed by atoms with van der Waals surface area (Å²) in [6.45, 7) is 4.30. The molecule has 0 amide bonds. The fourth-order valence-electron chi connectivity index (χ4n) is 2.02. The van der Waals surface area contributed by atoms with Crippen molar-refractivity contribution in [1.82, 2.24) is 10.3 Å². The molecule has 4 heteroatoms. The summed E-state index contributed by atoms with van der Waals surface area (Å²) in [6.07, 6.45) is 4.46. The summed E-state index contributed by atoms with van der Waals surface area (Å²) in [5.41, 5.74) is 1.22. The molecule has 0 aromatic carbocycles. The molecule has 0 saturated carbocycles. The van der Waals surface area contributed by atoms with Crippen LogP contribution >= 0.6 is 12.4 Å². The van der Waals surface area contributed by atoms with E-state index in [2.05, 4.69) is 41.3 Å². The van der Waals surface area contributed by atoms with E-state index in [1.165, 1.54) is 18.4 Å². The number of pyridine rings is 1. The molecule has 90 valence electrons. The summed E-state index contributed by atoms with van der Waals surface area (Å²) >= 11 is 0. The fraction of sp³-hybridized carbons (Fsp3) is 0.583. The molecule has 2 rings (SSSR count). The molecule has 0 radical (unpaired) electrons. The first kappa shape index (κ1) is 13.3. The number of hydrogen-bond acceptors (Lipinski definition) is 3. The van der Waals surface area contributed by atoms with Crippen LogP contribution in [0.15, 0.2) is 18.3 Å². The summed E-state index contributed by atoms with van der Waals surface area (Å²) in [5, 5.41) is 3.43. The number of aromatic nitrogens is 1. The minimum Gasteiger partial charge on any atom is -0.355 e. The minimum atomic E-state index is 0. The molecule has 0 bridgehead atoms. The van der Waals surface area contributed by atoms with Crippen LogP contribution in [-0.4, -0.2) is 31.2 Å². The van der Waals surface area contributed by atoms with E-state index in [0.29, 0.717) is 6.04 Å². The summed E-state index contributed by atoms with van der Waals surface area (Å²) in [6, 6.07) is 4.81. The zero-order valence-electron chi connectivity index (χ0n) is 9.94. The predicted molar refractivity (Wildman–Crippen MR) is 70.5 cm³/mol. The Morgan fingerprint density at radius 1 is 1.44 bits per heavy atom. The van der Waals surface area contributed by atoms with Crippen molar-refractivity contribution in [3.63, 3.8) is 0 Å². The van der Waals surface area contributed by atoms with E-state index < -0.39 is 0 Å². The molecular weight excluding hydrogens is 222 g/mol. The maximum atomic E-state index is 4.45. The Bertz CT molecular complexity index is 307. The molecule has 1 aromatic heterocycles. The number of aryl methyl sites for hydroxylation is 1. The van der Waals surface area contributed by atoms with Crippen molar-refractivity contribution in [2.75, 3.05) is 25.0 Å². The van der Waals surface area contributed by atoms with E-state index in [1.807, 2.05) is 6.20 Å². The highest BCUT2D eigenvalue weighted by molar-refractivity contribution is 5.85. The maximum absolute atomic E-state index is 4.45. The third kappa shape index (κ3) is 3.09. The first-order valence-corrected chi connectivity index (χ1v) is 5.63. The average Bonchev–Trinajstić information content (AvgIpc) is 2.30. The molecule has 0 aliphatic carbocycles. The van der Waals surface area contributed by atoms with Gasteiger partial charge in [0.1, 0.15) is 5.82 Å². The first-order chi connectivity index (χ1) is 7.27. The lowest BCUT2D eigenvalue weighted by atomic mass is 10.1. The van der Waals surface area contributed by atoms with Crippen LogP contribution in [0.2, 0.25) is 0 Å². The fourth-order valence-corrected chi connectivity index (χ4v) is 2.02. The number of nitrogens with one attached hydrogen (secondary N) is 1. The summed E-state index contributed by atoms with van der Waals surface area (Å²) < 4.78 is 0. The van der Waals surface area contributed by atoms with Crippen molar-refractivity contribution >= 4 is 18.2 Å². The highest BCUT2D eigenvalue weighted by Crippen LogP contribution is 2.16. The van der Waals surface area contributed by atoms with Crippen LogP contribution in [0.3, 0.4) is 0 Å². The van der Waals surface area contributed by atoms with E-state index in [-0.39, 0.29) is 12.4 Å². The summed E-state index contributed by atoms with van der Waals surface area (Å²) in [4.78, 5) is 6.73. The highest BCUT2D eigenvalue weighted by Gasteiger charge is 2.18. The van der Waals surface area contributed by atoms with Gasteiger partial charge in [-0.05, 0) is 37.9 Å². The van der Waals surface area contributed by atoms with Crippen LogP contribution in [0.4, 0.5) is 5.82 Å². The molecule has 1 N–H and O–H groups in total. The van der Waals surface area contributed by atoms with Gasteiger partial charge in [0, 0.05) is 25.8 Å². The number of rotatable bonds is 2. The Labute approximate surface area is 104 Å². The second kappa shape index (κ2) is 6.06. The Balaban J connectivity index is 0.00000128. The van der Waals surface area contributed by atoms with Crippen LogP contribution in [0, 0.1) is 6.92 Å². The lowest BCUT2D eigenvalue weighted by Crippen LogP contribution is -2.44.